The van der Waals surface area contributed by atoms with Crippen LogP contribution >= 0.6 is 0 Å². The standard InChI is InChI=1S/C116H78B2N6/c1-11-39-79(40-12-1)115(80-41-13-2-14-42-80)97-61-33-31-59-93(97)95-71-89(67-69-99(95)115)123-107-78-108-104(77-103(107)117-101-63-35-37-65-105(101)121(87-55-27-9-28-56-87)109-73-91(75-111(123)113(109)117)119(83-47-19-5-20-48-83)84-49-21-6-22-50-84)118-102-64-36-38-66-106(102)122(88-57-29-10-30-58-88)110-74-92(120(85-51-23-7-24-52-85)86-53-25-8-26-54-86)76-112(114(110)118)124(108)90-68-70-100-96(72-90)94-60-32-34-62-98(94)116(100,81-43-15-3-16-44-81)82-45-17-4-18-46-82/h1-78H. The number of fused-ring (bicyclic) bond motifs is 14. The van der Waals surface area contributed by atoms with Crippen LogP contribution in [0.3, 0.4) is 0 Å². The molecule has 0 saturated carbocycles. The molecule has 4 heterocycles. The van der Waals surface area contributed by atoms with Gasteiger partial charge in [0.1, 0.15) is 0 Å². The molecular formula is C116H78B2N6. The summed E-state index contributed by atoms with van der Waals surface area (Å²) in [6.45, 7) is -0.565. The zero-order valence-corrected chi connectivity index (χ0v) is 67.9. The van der Waals surface area contributed by atoms with Crippen molar-refractivity contribution in [3.8, 4) is 22.3 Å². The summed E-state index contributed by atoms with van der Waals surface area (Å²) in [5.41, 5.74) is 40.1. The van der Waals surface area contributed by atoms with Gasteiger partial charge in [-0.05, 0) is 239 Å². The van der Waals surface area contributed by atoms with E-state index < -0.39 is 10.8 Å². The molecule has 6 nitrogen and oxygen atoms in total. The molecule has 19 aromatic rings. The monoisotopic (exact) mass is 1580 g/mol. The predicted octanol–water partition coefficient (Wildman–Crippen LogP) is 25.5. The Morgan fingerprint density at radius 2 is 0.435 bits per heavy atom. The Balaban J connectivity index is 0.834. The lowest BCUT2D eigenvalue weighted by Crippen LogP contribution is -2.65. The van der Waals surface area contributed by atoms with Crippen LogP contribution in [0, 0.1) is 0 Å². The van der Waals surface area contributed by atoms with Crippen LogP contribution in [0.4, 0.5) is 102 Å². The number of hydrogen-bond donors (Lipinski definition) is 0. The fourth-order valence-electron chi connectivity index (χ4n) is 22.2. The van der Waals surface area contributed by atoms with Crippen molar-refractivity contribution in [3.63, 3.8) is 0 Å². The first-order valence-electron chi connectivity index (χ1n) is 43.1. The van der Waals surface area contributed by atoms with Crippen LogP contribution in [-0.4, -0.2) is 13.4 Å². The van der Waals surface area contributed by atoms with Gasteiger partial charge in [-0.15, -0.1) is 0 Å². The Kier molecular flexibility index (Phi) is 16.3. The first kappa shape index (κ1) is 71.1. The van der Waals surface area contributed by atoms with Gasteiger partial charge in [0.25, 0.3) is 13.4 Å². The van der Waals surface area contributed by atoms with Gasteiger partial charge in [0.2, 0.25) is 0 Å². The maximum absolute atomic E-state index is 2.70. The largest absolute Gasteiger partial charge is 0.311 e. The second kappa shape index (κ2) is 28.4. The predicted molar refractivity (Wildman–Crippen MR) is 518 cm³/mol. The van der Waals surface area contributed by atoms with E-state index in [2.05, 4.69) is 503 Å². The molecule has 2 aliphatic carbocycles. The van der Waals surface area contributed by atoms with Crippen molar-refractivity contribution in [2.45, 2.75) is 10.8 Å². The average Bonchev–Trinajstić information content (AvgIpc) is 1.04. The van der Waals surface area contributed by atoms with Gasteiger partial charge in [-0.2, -0.15) is 0 Å². The molecule has 0 fully saturated rings. The molecule has 578 valence electrons. The molecule has 0 atom stereocenters. The van der Waals surface area contributed by atoms with Crippen LogP contribution in [0.2, 0.25) is 0 Å². The van der Waals surface area contributed by atoms with E-state index in [1.54, 1.807) is 0 Å². The van der Waals surface area contributed by atoms with Crippen LogP contribution in [-0.2, 0) is 10.8 Å². The SMILES string of the molecule is c1ccc(N(c2ccccc2)c2cc3c4c(c2)N(c2ccc5c(c2)-c2ccccc2C5(c2ccccc2)c2ccccc2)c2cc5c(cc2B4c2ccccc2N3c2ccccc2)B2c3ccccc3N(c3ccccc3)c3cc(N(c4ccccc4)c4ccccc4)cc(c32)N5c2ccc3c(c2)-c2ccccc2C3(c2ccccc2)c2ccccc2)cc1. The molecule has 0 aromatic heterocycles. The molecule has 0 bridgehead atoms. The number of rotatable bonds is 14. The quantitative estimate of drug-likeness (QED) is 0.100. The van der Waals surface area contributed by atoms with E-state index in [0.717, 1.165) is 102 Å². The van der Waals surface area contributed by atoms with E-state index in [1.165, 1.54) is 99.5 Å². The molecule has 6 aliphatic rings. The highest BCUT2D eigenvalue weighted by atomic mass is 15.2. The summed E-state index contributed by atoms with van der Waals surface area (Å²) in [6.07, 6.45) is 0. The lowest BCUT2D eigenvalue weighted by Gasteiger charge is -2.48. The number of nitrogens with zero attached hydrogens (tertiary/aromatic N) is 6. The zero-order chi connectivity index (χ0) is 81.6. The van der Waals surface area contributed by atoms with Gasteiger partial charge in [-0.3, -0.25) is 0 Å². The molecule has 0 radical (unpaired) electrons. The van der Waals surface area contributed by atoms with Crippen molar-refractivity contribution < 1.29 is 0 Å². The molecule has 124 heavy (non-hydrogen) atoms. The summed E-state index contributed by atoms with van der Waals surface area (Å²) in [6, 6.07) is 178. The summed E-state index contributed by atoms with van der Waals surface area (Å²) in [7, 11) is 0. The second-order valence-electron chi connectivity index (χ2n) is 33.3. The van der Waals surface area contributed by atoms with Crippen LogP contribution in [0.5, 0.6) is 0 Å². The summed E-state index contributed by atoms with van der Waals surface area (Å²) < 4.78 is 0. The Morgan fingerprint density at radius 1 is 0.169 bits per heavy atom. The first-order chi connectivity index (χ1) is 61.6. The lowest BCUT2D eigenvalue weighted by atomic mass is 9.30. The highest BCUT2D eigenvalue weighted by Gasteiger charge is 2.53. The van der Waals surface area contributed by atoms with Crippen LogP contribution in [0.25, 0.3) is 22.3 Å². The van der Waals surface area contributed by atoms with Gasteiger partial charge in [0.05, 0.1) is 22.2 Å². The van der Waals surface area contributed by atoms with Gasteiger partial charge >= 0.3 is 0 Å². The van der Waals surface area contributed by atoms with Crippen molar-refractivity contribution in [1.82, 2.24) is 0 Å². The molecule has 0 spiro atoms. The lowest BCUT2D eigenvalue weighted by molar-refractivity contribution is 0.768. The third kappa shape index (κ3) is 10.5. The minimum atomic E-state index is -0.644. The van der Waals surface area contributed by atoms with Gasteiger partial charge in [0, 0.05) is 91.0 Å². The summed E-state index contributed by atoms with van der Waals surface area (Å²) in [5, 5.41) is 0. The minimum Gasteiger partial charge on any atom is -0.311 e. The Morgan fingerprint density at radius 3 is 0.766 bits per heavy atom. The second-order valence-corrected chi connectivity index (χ2v) is 33.3. The van der Waals surface area contributed by atoms with E-state index in [1.807, 2.05) is 0 Å². The third-order valence-electron chi connectivity index (χ3n) is 27.0. The highest BCUT2D eigenvalue weighted by Crippen LogP contribution is 2.61. The minimum absolute atomic E-state index is 0.283. The Hall–Kier alpha value is -15.9. The van der Waals surface area contributed by atoms with Gasteiger partial charge < -0.3 is 29.4 Å². The van der Waals surface area contributed by atoms with E-state index in [-0.39, 0.29) is 13.4 Å². The fraction of sp³-hybridized carbons (Fsp3) is 0.0172. The average molecular weight is 1580 g/mol. The molecule has 0 N–H and O–H groups in total. The highest BCUT2D eigenvalue weighted by molar-refractivity contribution is 7.03. The Labute approximate surface area is 723 Å². The number of benzene rings is 19. The maximum atomic E-state index is 2.70. The molecule has 25 rings (SSSR count). The normalized spacial score (nSPS) is 13.8. The fourth-order valence-corrected chi connectivity index (χ4v) is 22.2. The van der Waals surface area contributed by atoms with Crippen molar-refractivity contribution in [2.75, 3.05) is 29.4 Å². The molecule has 4 aliphatic heterocycles. The Bertz CT molecular complexity index is 6800. The van der Waals surface area contributed by atoms with Gasteiger partial charge in [-0.25, -0.2) is 0 Å². The van der Waals surface area contributed by atoms with E-state index in [4.69, 9.17) is 0 Å². The molecular weight excluding hydrogens is 1500 g/mol. The maximum Gasteiger partial charge on any atom is 0.252 e. The smallest absolute Gasteiger partial charge is 0.252 e. The van der Waals surface area contributed by atoms with Crippen molar-refractivity contribution in [3.05, 3.63) is 518 Å². The van der Waals surface area contributed by atoms with E-state index >= 15 is 0 Å². The first-order valence-corrected chi connectivity index (χ1v) is 43.1. The molecule has 8 heteroatoms. The van der Waals surface area contributed by atoms with E-state index in [9.17, 15) is 0 Å². The number of para-hydroxylation sites is 8. The number of anilines is 18. The molecule has 19 aromatic carbocycles. The summed E-state index contributed by atoms with van der Waals surface area (Å²) in [5.74, 6) is 0. The van der Waals surface area contributed by atoms with Crippen LogP contribution < -0.4 is 62.2 Å². The van der Waals surface area contributed by atoms with E-state index in [0.29, 0.717) is 0 Å². The topological polar surface area (TPSA) is 19.4 Å². The summed E-state index contributed by atoms with van der Waals surface area (Å²) in [4.78, 5) is 15.4. The molecule has 0 unspecified atom stereocenters. The van der Waals surface area contributed by atoms with Crippen molar-refractivity contribution in [2.24, 2.45) is 0 Å². The number of hydrogen-bond acceptors (Lipinski definition) is 6. The van der Waals surface area contributed by atoms with Crippen LogP contribution in [0.1, 0.15) is 44.5 Å². The summed E-state index contributed by atoms with van der Waals surface area (Å²) >= 11 is 0. The van der Waals surface area contributed by atoms with Crippen LogP contribution in [0.15, 0.2) is 473 Å². The van der Waals surface area contributed by atoms with Crippen molar-refractivity contribution in [1.29, 1.82) is 0 Å². The van der Waals surface area contributed by atoms with Crippen molar-refractivity contribution >= 4 is 149 Å². The van der Waals surface area contributed by atoms with Gasteiger partial charge in [-0.1, -0.05) is 334 Å². The zero-order valence-electron chi connectivity index (χ0n) is 67.9. The third-order valence-corrected chi connectivity index (χ3v) is 27.0. The van der Waals surface area contributed by atoms with Gasteiger partial charge in [0.15, 0.2) is 0 Å². The molecule has 0 saturated heterocycles. The molecule has 0 amide bonds.